The molecule has 2 atom stereocenters. The van der Waals surface area contributed by atoms with Gasteiger partial charge in [-0.2, -0.15) is 0 Å². The summed E-state index contributed by atoms with van der Waals surface area (Å²) in [7, 11) is 0. The highest BCUT2D eigenvalue weighted by molar-refractivity contribution is 5.08. The molecule has 0 aromatic rings. The Morgan fingerprint density at radius 1 is 1.07 bits per heavy atom. The van der Waals surface area contributed by atoms with Gasteiger partial charge in [-0.25, -0.2) is 0 Å². The summed E-state index contributed by atoms with van der Waals surface area (Å²) in [6.07, 6.45) is 8.58. The minimum absolute atomic E-state index is 0.548. The molecule has 0 saturated carbocycles. The first-order valence-corrected chi connectivity index (χ1v) is 6.88. The Bertz CT molecular complexity index is 239. The summed E-state index contributed by atoms with van der Waals surface area (Å²) in [5.41, 5.74) is 0.548. The van der Waals surface area contributed by atoms with Gasteiger partial charge in [-0.05, 0) is 38.6 Å². The normalized spacial score (nSPS) is 41.8. The van der Waals surface area contributed by atoms with Crippen molar-refractivity contribution in [2.75, 3.05) is 26.2 Å². The molecule has 0 N–H and O–H groups in total. The molecule has 86 valence electrons. The standard InChI is InChI=1S/C13H24N2/c1-2-6-12-11-15-10-5-9-14-8-4-3-7-13(12,14)15/h12H,2-11H2,1H3. The van der Waals surface area contributed by atoms with Crippen LogP contribution in [-0.4, -0.2) is 41.6 Å². The van der Waals surface area contributed by atoms with Crippen LogP contribution in [0, 0.1) is 5.92 Å². The third-order valence-corrected chi connectivity index (χ3v) is 4.91. The van der Waals surface area contributed by atoms with Crippen LogP contribution in [-0.2, 0) is 0 Å². The average molecular weight is 208 g/mol. The molecule has 0 radical (unpaired) electrons. The summed E-state index contributed by atoms with van der Waals surface area (Å²) in [6, 6.07) is 0. The molecular weight excluding hydrogens is 184 g/mol. The van der Waals surface area contributed by atoms with Crippen LogP contribution in [0.25, 0.3) is 0 Å². The molecule has 15 heavy (non-hydrogen) atoms. The number of hydrogen-bond donors (Lipinski definition) is 0. The maximum Gasteiger partial charge on any atom is 0.0779 e. The zero-order chi connectivity index (χ0) is 10.3. The largest absolute Gasteiger partial charge is 0.285 e. The molecule has 3 fully saturated rings. The maximum atomic E-state index is 2.82. The van der Waals surface area contributed by atoms with E-state index in [0.29, 0.717) is 5.66 Å². The van der Waals surface area contributed by atoms with Crippen molar-refractivity contribution in [1.29, 1.82) is 0 Å². The van der Waals surface area contributed by atoms with Crippen molar-refractivity contribution in [2.24, 2.45) is 5.92 Å². The van der Waals surface area contributed by atoms with E-state index in [2.05, 4.69) is 16.7 Å². The molecule has 0 aromatic carbocycles. The molecular formula is C13H24N2. The van der Waals surface area contributed by atoms with E-state index in [-0.39, 0.29) is 0 Å². The highest BCUT2D eigenvalue weighted by Gasteiger charge is 2.57. The third kappa shape index (κ3) is 1.31. The molecule has 3 aliphatic heterocycles. The van der Waals surface area contributed by atoms with Gasteiger partial charge in [0.2, 0.25) is 0 Å². The van der Waals surface area contributed by atoms with Gasteiger partial charge in [0, 0.05) is 25.6 Å². The fourth-order valence-electron chi connectivity index (χ4n) is 4.29. The zero-order valence-corrected chi connectivity index (χ0v) is 10.0. The van der Waals surface area contributed by atoms with E-state index in [1.165, 1.54) is 64.7 Å². The number of nitrogens with zero attached hydrogens (tertiary/aromatic N) is 2. The van der Waals surface area contributed by atoms with Crippen LogP contribution in [0.5, 0.6) is 0 Å². The fraction of sp³-hybridized carbons (Fsp3) is 1.00. The third-order valence-electron chi connectivity index (χ3n) is 4.91. The molecule has 1 spiro atoms. The van der Waals surface area contributed by atoms with Crippen LogP contribution >= 0.6 is 0 Å². The monoisotopic (exact) mass is 208 g/mol. The molecule has 0 aliphatic carbocycles. The van der Waals surface area contributed by atoms with Crippen LogP contribution in [0.15, 0.2) is 0 Å². The van der Waals surface area contributed by atoms with E-state index in [9.17, 15) is 0 Å². The molecule has 2 nitrogen and oxygen atoms in total. The van der Waals surface area contributed by atoms with Gasteiger partial charge in [-0.15, -0.1) is 0 Å². The van der Waals surface area contributed by atoms with E-state index in [4.69, 9.17) is 0 Å². The van der Waals surface area contributed by atoms with E-state index in [0.717, 1.165) is 5.92 Å². The maximum absolute atomic E-state index is 2.82. The SMILES string of the molecule is CCCC1CN2CCCN3CCCCC132. The minimum atomic E-state index is 0.548. The number of rotatable bonds is 2. The van der Waals surface area contributed by atoms with E-state index < -0.39 is 0 Å². The highest BCUT2D eigenvalue weighted by Crippen LogP contribution is 2.49. The molecule has 0 aromatic heterocycles. The van der Waals surface area contributed by atoms with Crippen molar-refractivity contribution >= 4 is 0 Å². The van der Waals surface area contributed by atoms with E-state index in [1.807, 2.05) is 0 Å². The second-order valence-corrected chi connectivity index (χ2v) is 5.61. The molecule has 3 heterocycles. The van der Waals surface area contributed by atoms with Crippen LogP contribution in [0.4, 0.5) is 0 Å². The summed E-state index contributed by atoms with van der Waals surface area (Å²) in [5.74, 6) is 0.989. The Labute approximate surface area is 93.6 Å². The predicted octanol–water partition coefficient (Wildman–Crippen LogP) is 2.30. The molecule has 3 aliphatic rings. The van der Waals surface area contributed by atoms with Crippen LogP contribution in [0.3, 0.4) is 0 Å². The van der Waals surface area contributed by atoms with Gasteiger partial charge in [-0.1, -0.05) is 13.3 Å². The second-order valence-electron chi connectivity index (χ2n) is 5.61. The first-order chi connectivity index (χ1) is 7.38. The van der Waals surface area contributed by atoms with Crippen molar-refractivity contribution in [3.63, 3.8) is 0 Å². The highest BCUT2D eigenvalue weighted by atomic mass is 15.5. The summed E-state index contributed by atoms with van der Waals surface area (Å²) in [6.45, 7) is 7.85. The molecule has 2 heteroatoms. The Morgan fingerprint density at radius 3 is 2.73 bits per heavy atom. The quantitative estimate of drug-likeness (QED) is 0.687. The lowest BCUT2D eigenvalue weighted by Gasteiger charge is -2.68. The molecule has 3 rings (SSSR count). The molecule has 0 amide bonds. The van der Waals surface area contributed by atoms with Gasteiger partial charge >= 0.3 is 0 Å². The average Bonchev–Trinajstić information content (AvgIpc) is 2.27. The minimum Gasteiger partial charge on any atom is -0.285 e. The van der Waals surface area contributed by atoms with Crippen LogP contribution in [0.1, 0.15) is 45.4 Å². The van der Waals surface area contributed by atoms with Crippen LogP contribution in [0.2, 0.25) is 0 Å². The van der Waals surface area contributed by atoms with Crippen molar-refractivity contribution in [3.8, 4) is 0 Å². The number of piperidine rings is 1. The van der Waals surface area contributed by atoms with E-state index >= 15 is 0 Å². The van der Waals surface area contributed by atoms with Gasteiger partial charge in [0.05, 0.1) is 5.66 Å². The molecule has 0 bridgehead atoms. The predicted molar refractivity (Wildman–Crippen MR) is 62.7 cm³/mol. The van der Waals surface area contributed by atoms with Gasteiger partial charge in [-0.3, -0.25) is 9.80 Å². The first kappa shape index (κ1) is 10.1. The Morgan fingerprint density at radius 2 is 1.87 bits per heavy atom. The van der Waals surface area contributed by atoms with Crippen molar-refractivity contribution in [1.82, 2.24) is 9.80 Å². The van der Waals surface area contributed by atoms with Crippen LogP contribution < -0.4 is 0 Å². The van der Waals surface area contributed by atoms with Crippen molar-refractivity contribution in [2.45, 2.75) is 51.1 Å². The topological polar surface area (TPSA) is 6.48 Å². The summed E-state index contributed by atoms with van der Waals surface area (Å²) < 4.78 is 0. The smallest absolute Gasteiger partial charge is 0.0779 e. The Balaban J connectivity index is 1.81. The van der Waals surface area contributed by atoms with Crippen molar-refractivity contribution < 1.29 is 0 Å². The Kier molecular flexibility index (Phi) is 2.52. The number of hydrogen-bond acceptors (Lipinski definition) is 2. The molecule has 2 unspecified atom stereocenters. The first-order valence-electron chi connectivity index (χ1n) is 6.88. The van der Waals surface area contributed by atoms with Crippen molar-refractivity contribution in [3.05, 3.63) is 0 Å². The lowest BCUT2D eigenvalue weighted by atomic mass is 9.71. The fourth-order valence-corrected chi connectivity index (χ4v) is 4.29. The lowest BCUT2D eigenvalue weighted by molar-refractivity contribution is -0.224. The van der Waals surface area contributed by atoms with E-state index in [1.54, 1.807) is 0 Å². The lowest BCUT2D eigenvalue weighted by Crippen LogP contribution is -2.78. The summed E-state index contributed by atoms with van der Waals surface area (Å²) >= 11 is 0. The van der Waals surface area contributed by atoms with Gasteiger partial charge in [0.15, 0.2) is 0 Å². The Hall–Kier alpha value is -0.0800. The van der Waals surface area contributed by atoms with Gasteiger partial charge in [0.1, 0.15) is 0 Å². The van der Waals surface area contributed by atoms with Gasteiger partial charge in [0.25, 0.3) is 0 Å². The van der Waals surface area contributed by atoms with Gasteiger partial charge < -0.3 is 0 Å². The summed E-state index contributed by atoms with van der Waals surface area (Å²) in [4.78, 5) is 5.61. The second kappa shape index (κ2) is 3.74. The summed E-state index contributed by atoms with van der Waals surface area (Å²) in [5, 5.41) is 0. The zero-order valence-electron chi connectivity index (χ0n) is 10.0. The molecule has 3 saturated heterocycles.